The first-order chi connectivity index (χ1) is 14.1. The van der Waals surface area contributed by atoms with E-state index in [1.807, 2.05) is 43.3 Å². The number of aryl methyl sites for hydroxylation is 1. The monoisotopic (exact) mass is 381 g/mol. The van der Waals surface area contributed by atoms with Crippen molar-refractivity contribution in [1.29, 1.82) is 0 Å². The zero-order valence-electron chi connectivity index (χ0n) is 16.1. The summed E-state index contributed by atoms with van der Waals surface area (Å²) in [6, 6.07) is 15.3. The van der Waals surface area contributed by atoms with Crippen molar-refractivity contribution >= 4 is 33.4 Å². The fraction of sp³-hybridized carbons (Fsp3) is 0.125. The number of hydrogen-bond acceptors (Lipinski definition) is 3. The van der Waals surface area contributed by atoms with Gasteiger partial charge in [0.25, 0.3) is 5.56 Å². The Morgan fingerprint density at radius 1 is 1.14 bits per heavy atom. The summed E-state index contributed by atoms with van der Waals surface area (Å²) in [7, 11) is 0. The number of benzene rings is 2. The van der Waals surface area contributed by atoms with Gasteiger partial charge in [-0.2, -0.15) is 0 Å². The predicted molar refractivity (Wildman–Crippen MR) is 116 cm³/mol. The lowest BCUT2D eigenvalue weighted by molar-refractivity contribution is -0.114. The van der Waals surface area contributed by atoms with Crippen LogP contribution in [0.4, 0.5) is 5.69 Å². The van der Waals surface area contributed by atoms with Crippen molar-refractivity contribution in [2.75, 3.05) is 11.4 Å². The van der Waals surface area contributed by atoms with Crippen LogP contribution in [-0.2, 0) is 11.2 Å². The number of pyridine rings is 2. The molecule has 5 rings (SSSR count). The number of anilines is 1. The molecule has 5 heteroatoms. The molecule has 2 aromatic carbocycles. The van der Waals surface area contributed by atoms with Crippen molar-refractivity contribution in [1.82, 2.24) is 9.55 Å². The van der Waals surface area contributed by atoms with E-state index in [1.165, 1.54) is 6.08 Å². The molecule has 0 radical (unpaired) electrons. The fourth-order valence-corrected chi connectivity index (χ4v) is 4.13. The Balaban J connectivity index is 1.83. The molecule has 0 unspecified atom stereocenters. The number of aromatic nitrogens is 2. The number of nitrogens with zero attached hydrogens (tertiary/aromatic N) is 3. The highest BCUT2D eigenvalue weighted by Gasteiger charge is 2.24. The van der Waals surface area contributed by atoms with Gasteiger partial charge in [-0.15, -0.1) is 0 Å². The molecule has 0 N–H and O–H groups in total. The zero-order valence-corrected chi connectivity index (χ0v) is 16.1. The number of carbonyl (C=O) groups is 1. The summed E-state index contributed by atoms with van der Waals surface area (Å²) in [6.07, 6.45) is 3.92. The van der Waals surface area contributed by atoms with Crippen LogP contribution in [0.25, 0.3) is 27.5 Å². The van der Waals surface area contributed by atoms with Gasteiger partial charge in [-0.1, -0.05) is 24.3 Å². The van der Waals surface area contributed by atoms with E-state index in [2.05, 4.69) is 17.6 Å². The third kappa shape index (κ3) is 2.66. The molecule has 1 aliphatic heterocycles. The zero-order chi connectivity index (χ0) is 20.1. The summed E-state index contributed by atoms with van der Waals surface area (Å²) in [5.74, 6) is -0.128. The smallest absolute Gasteiger partial charge is 0.255 e. The molecule has 0 atom stereocenters. The molecule has 0 saturated carbocycles. The lowest BCUT2D eigenvalue weighted by atomic mass is 10.1. The second-order valence-electron chi connectivity index (χ2n) is 7.35. The quantitative estimate of drug-likeness (QED) is 0.391. The van der Waals surface area contributed by atoms with Gasteiger partial charge in [0.1, 0.15) is 0 Å². The Labute approximate surface area is 167 Å². The molecule has 4 aromatic rings. The van der Waals surface area contributed by atoms with Gasteiger partial charge in [0.15, 0.2) is 0 Å². The van der Waals surface area contributed by atoms with E-state index in [9.17, 15) is 9.59 Å². The van der Waals surface area contributed by atoms with Crippen LogP contribution in [0.2, 0.25) is 0 Å². The van der Waals surface area contributed by atoms with Crippen LogP contribution < -0.4 is 10.5 Å². The van der Waals surface area contributed by atoms with Crippen LogP contribution in [0.3, 0.4) is 0 Å². The third-order valence-electron chi connectivity index (χ3n) is 5.54. The summed E-state index contributed by atoms with van der Waals surface area (Å²) in [4.78, 5) is 31.5. The highest BCUT2D eigenvalue weighted by molar-refractivity contribution is 6.05. The molecule has 3 heterocycles. The summed E-state index contributed by atoms with van der Waals surface area (Å²) >= 11 is 0. The molecule has 1 aliphatic rings. The van der Waals surface area contributed by atoms with E-state index in [4.69, 9.17) is 0 Å². The first-order valence-corrected chi connectivity index (χ1v) is 9.55. The van der Waals surface area contributed by atoms with Crippen molar-refractivity contribution in [2.24, 2.45) is 0 Å². The first kappa shape index (κ1) is 17.4. The van der Waals surface area contributed by atoms with Gasteiger partial charge in [0, 0.05) is 35.3 Å². The Morgan fingerprint density at radius 3 is 2.83 bits per heavy atom. The first-order valence-electron chi connectivity index (χ1n) is 9.55. The second-order valence-corrected chi connectivity index (χ2v) is 7.35. The Morgan fingerprint density at radius 2 is 2.00 bits per heavy atom. The standard InChI is InChI=1S/C24H19N3O2/c1-3-22(28)26-11-10-16-5-7-18(13-21(16)26)27-23(29)9-6-17-14-25-20-8-4-15(2)12-19(20)24(17)27/h3-9,12-14H,1,10-11H2,2H3. The highest BCUT2D eigenvalue weighted by Crippen LogP contribution is 2.32. The van der Waals surface area contributed by atoms with E-state index < -0.39 is 0 Å². The summed E-state index contributed by atoms with van der Waals surface area (Å²) in [5.41, 5.74) is 5.32. The van der Waals surface area contributed by atoms with E-state index >= 15 is 0 Å². The minimum Gasteiger partial charge on any atom is -0.308 e. The molecule has 0 saturated heterocycles. The molecule has 5 nitrogen and oxygen atoms in total. The van der Waals surface area contributed by atoms with E-state index in [1.54, 1.807) is 21.7 Å². The number of fused-ring (bicyclic) bond motifs is 4. The van der Waals surface area contributed by atoms with Crippen LogP contribution in [0.5, 0.6) is 0 Å². The van der Waals surface area contributed by atoms with Gasteiger partial charge in [-0.3, -0.25) is 19.1 Å². The van der Waals surface area contributed by atoms with Crippen molar-refractivity contribution in [3.63, 3.8) is 0 Å². The molecule has 0 bridgehead atoms. The maximum atomic E-state index is 13.0. The molecule has 1 amide bonds. The molecule has 142 valence electrons. The van der Waals surface area contributed by atoms with E-state index in [0.29, 0.717) is 6.54 Å². The third-order valence-corrected chi connectivity index (χ3v) is 5.54. The molecule has 2 aromatic heterocycles. The van der Waals surface area contributed by atoms with Gasteiger partial charge < -0.3 is 4.90 Å². The second kappa shape index (κ2) is 6.41. The minimum absolute atomic E-state index is 0.119. The van der Waals surface area contributed by atoms with E-state index in [0.717, 1.165) is 50.7 Å². The molecule has 29 heavy (non-hydrogen) atoms. The van der Waals surface area contributed by atoms with Gasteiger partial charge in [0.05, 0.1) is 16.7 Å². The van der Waals surface area contributed by atoms with Crippen molar-refractivity contribution in [2.45, 2.75) is 13.3 Å². The van der Waals surface area contributed by atoms with Gasteiger partial charge in [0.2, 0.25) is 5.91 Å². The largest absolute Gasteiger partial charge is 0.308 e. The highest BCUT2D eigenvalue weighted by atomic mass is 16.2. The van der Waals surface area contributed by atoms with Crippen LogP contribution in [0.1, 0.15) is 11.1 Å². The maximum absolute atomic E-state index is 13.0. The predicted octanol–water partition coefficient (Wildman–Crippen LogP) is 3.92. The van der Waals surface area contributed by atoms with Crippen LogP contribution in [0.15, 0.2) is 72.2 Å². The van der Waals surface area contributed by atoms with E-state index in [-0.39, 0.29) is 11.5 Å². The number of hydrogen-bond donors (Lipinski definition) is 0. The SMILES string of the molecule is C=CC(=O)N1CCc2ccc(-n3c(=O)ccc4cnc5ccc(C)cc5c43)cc21. The van der Waals surface area contributed by atoms with Crippen molar-refractivity contribution in [3.05, 3.63) is 88.9 Å². The fourth-order valence-electron chi connectivity index (χ4n) is 4.13. The molecular formula is C24H19N3O2. The normalized spacial score (nSPS) is 13.1. The Hall–Kier alpha value is -3.73. The Bertz CT molecular complexity index is 1380. The van der Waals surface area contributed by atoms with Crippen LogP contribution in [0, 0.1) is 6.92 Å². The average Bonchev–Trinajstić information content (AvgIpc) is 3.16. The lowest BCUT2D eigenvalue weighted by Gasteiger charge is -2.18. The van der Waals surface area contributed by atoms with Crippen LogP contribution in [-0.4, -0.2) is 22.0 Å². The minimum atomic E-state index is -0.128. The van der Waals surface area contributed by atoms with Crippen molar-refractivity contribution in [3.8, 4) is 5.69 Å². The van der Waals surface area contributed by atoms with Gasteiger partial charge >= 0.3 is 0 Å². The summed E-state index contributed by atoms with van der Waals surface area (Å²) < 4.78 is 1.72. The molecule has 0 fully saturated rings. The molecule has 0 spiro atoms. The number of amides is 1. The summed E-state index contributed by atoms with van der Waals surface area (Å²) in [6.45, 7) is 6.25. The van der Waals surface area contributed by atoms with Gasteiger partial charge in [-0.05, 0) is 55.3 Å². The van der Waals surface area contributed by atoms with Gasteiger partial charge in [-0.25, -0.2) is 0 Å². The topological polar surface area (TPSA) is 55.2 Å². The average molecular weight is 381 g/mol. The maximum Gasteiger partial charge on any atom is 0.255 e. The number of carbonyl (C=O) groups excluding carboxylic acids is 1. The Kier molecular flexibility index (Phi) is 3.84. The molecule has 0 aliphatic carbocycles. The number of rotatable bonds is 2. The molecular weight excluding hydrogens is 362 g/mol. The lowest BCUT2D eigenvalue weighted by Crippen LogP contribution is -2.27. The van der Waals surface area contributed by atoms with Crippen LogP contribution >= 0.6 is 0 Å². The van der Waals surface area contributed by atoms with Crippen molar-refractivity contribution < 1.29 is 4.79 Å². The summed E-state index contributed by atoms with van der Waals surface area (Å²) in [5, 5.41) is 1.82.